The SMILES string of the molecule is O=C(Nc1cc(C(=O)Nc2ccc(S(=O)(=O)O)cc2)cc(C(=O)Nc2ccc(S(=O)(=O)O)cc2)c1)Nc1cc(C(=O)Nc2ccc(S(=O)(=O)O)cc2)cc(C(=O)Nc2ccc(S(=O)(=O)O)cc2)c1.[Na]. The van der Waals surface area contributed by atoms with Crippen molar-refractivity contribution in [3.8, 4) is 0 Å². The molecule has 6 amide bonds. The van der Waals surface area contributed by atoms with Gasteiger partial charge in [0.05, 0.1) is 19.6 Å². The predicted molar refractivity (Wildman–Crippen MR) is 248 cm³/mol. The number of hydrogen-bond donors (Lipinski definition) is 10. The zero-order valence-electron chi connectivity index (χ0n) is 34.9. The minimum absolute atomic E-state index is 0. The molecule has 0 aromatic heterocycles. The van der Waals surface area contributed by atoms with Crippen molar-refractivity contribution in [1.29, 1.82) is 0 Å². The Morgan fingerprint density at radius 2 is 0.478 bits per heavy atom. The van der Waals surface area contributed by atoms with Crippen molar-refractivity contribution in [2.24, 2.45) is 0 Å². The average molecular weight is 1030 g/mol. The smallest absolute Gasteiger partial charge is 0.322 e. The average Bonchev–Trinajstić information content (AvgIpc) is 3.25. The van der Waals surface area contributed by atoms with Crippen molar-refractivity contribution in [3.05, 3.63) is 156 Å². The first-order valence-corrected chi connectivity index (χ1v) is 24.4. The molecule has 0 heterocycles. The maximum Gasteiger partial charge on any atom is 0.323 e. The fraction of sp³-hybridized carbons (Fsp3) is 0. The molecule has 0 saturated heterocycles. The summed E-state index contributed by atoms with van der Waals surface area (Å²) in [6.45, 7) is 0. The standard InChI is InChI=1S/C41H32N6O17S4.Na/c48-37(42-27-1-9-33(10-2-27)65(53,54)55)23-17-24(38(49)43-28-3-11-34(12-4-28)66(56,57)58)20-31(19-23)46-41(52)47-32-21-25(39(50)44-29-5-13-35(14-6-29)67(59,60)61)18-26(22-32)40(51)45-30-7-15-36(16-8-30)68(62,63)64;/h1-22H,(H,42,48)(H,43,49)(H,44,50)(H,45,51)(H2,46,47,52)(H,53,54,55)(H,56,57,58)(H,59,60,61)(H,62,63,64);. The minimum Gasteiger partial charge on any atom is -0.322 e. The summed E-state index contributed by atoms with van der Waals surface area (Å²) in [6.07, 6.45) is 0. The molecule has 0 atom stereocenters. The van der Waals surface area contributed by atoms with Gasteiger partial charge in [0.2, 0.25) is 0 Å². The summed E-state index contributed by atoms with van der Waals surface area (Å²) < 4.78 is 129. The molecule has 10 N–H and O–H groups in total. The second kappa shape index (κ2) is 21.2. The van der Waals surface area contributed by atoms with Crippen molar-refractivity contribution in [1.82, 2.24) is 0 Å². The number of carbonyl (C=O) groups is 5. The molecule has 69 heavy (non-hydrogen) atoms. The third kappa shape index (κ3) is 14.6. The number of rotatable bonds is 14. The molecule has 6 rings (SSSR count). The van der Waals surface area contributed by atoms with Gasteiger partial charge >= 0.3 is 6.03 Å². The molecule has 6 aromatic carbocycles. The van der Waals surface area contributed by atoms with E-state index in [0.29, 0.717) is 0 Å². The molecule has 1 radical (unpaired) electrons. The van der Waals surface area contributed by atoms with Gasteiger partial charge in [-0.2, -0.15) is 33.7 Å². The number of anilines is 6. The van der Waals surface area contributed by atoms with Gasteiger partial charge in [-0.3, -0.25) is 37.4 Å². The number of benzene rings is 6. The van der Waals surface area contributed by atoms with Crippen LogP contribution in [0.15, 0.2) is 153 Å². The minimum atomic E-state index is -4.57. The number of hydrogen-bond acceptors (Lipinski definition) is 13. The van der Waals surface area contributed by atoms with E-state index in [0.717, 1.165) is 133 Å². The van der Waals surface area contributed by atoms with Crippen LogP contribution in [0.2, 0.25) is 0 Å². The van der Waals surface area contributed by atoms with Crippen LogP contribution < -0.4 is 31.9 Å². The van der Waals surface area contributed by atoms with Gasteiger partial charge in [-0.15, -0.1) is 0 Å². The Kier molecular flexibility index (Phi) is 16.3. The van der Waals surface area contributed by atoms with E-state index in [1.807, 2.05) is 0 Å². The van der Waals surface area contributed by atoms with Crippen LogP contribution in [0.4, 0.5) is 38.9 Å². The predicted octanol–water partition coefficient (Wildman–Crippen LogP) is 4.95. The van der Waals surface area contributed by atoms with E-state index in [2.05, 4.69) is 31.9 Å². The Bertz CT molecular complexity index is 3030. The molecule has 0 saturated carbocycles. The Labute approximate surface area is 414 Å². The first kappa shape index (κ1) is 53.1. The fourth-order valence-corrected chi connectivity index (χ4v) is 7.79. The van der Waals surface area contributed by atoms with Crippen molar-refractivity contribution in [3.63, 3.8) is 0 Å². The molecule has 0 aliphatic carbocycles. The van der Waals surface area contributed by atoms with Crippen LogP contribution in [0, 0.1) is 0 Å². The van der Waals surface area contributed by atoms with Gasteiger partial charge in [-0.1, -0.05) is 0 Å². The Balaban J connectivity index is 0.00000888. The maximum absolute atomic E-state index is 13.6. The Morgan fingerprint density at radius 3 is 0.652 bits per heavy atom. The molecule has 0 bridgehead atoms. The number of nitrogens with one attached hydrogen (secondary N) is 6. The molecule has 0 aliphatic rings. The topological polar surface area (TPSA) is 375 Å². The third-order valence-corrected chi connectivity index (χ3v) is 12.5. The maximum atomic E-state index is 13.6. The van der Waals surface area contributed by atoms with Gasteiger partial charge in [0, 0.05) is 85.9 Å². The third-order valence-electron chi connectivity index (χ3n) is 9.07. The van der Waals surface area contributed by atoms with E-state index in [9.17, 15) is 75.9 Å². The van der Waals surface area contributed by atoms with Crippen LogP contribution in [-0.4, -0.2) is 111 Å². The zero-order valence-corrected chi connectivity index (χ0v) is 40.2. The van der Waals surface area contributed by atoms with Gasteiger partial charge in [0.15, 0.2) is 0 Å². The molecule has 0 aliphatic heterocycles. The summed E-state index contributed by atoms with van der Waals surface area (Å²) in [5.41, 5.74) is -1.32. The van der Waals surface area contributed by atoms with Gasteiger partial charge in [0.1, 0.15) is 0 Å². The molecule has 0 unspecified atom stereocenters. The number of carbonyl (C=O) groups excluding carboxylic acids is 5. The molecule has 28 heteroatoms. The number of urea groups is 1. The van der Waals surface area contributed by atoms with Gasteiger partial charge in [-0.05, 0) is 133 Å². The molecule has 23 nitrogen and oxygen atoms in total. The van der Waals surface area contributed by atoms with Crippen molar-refractivity contribution in [2.45, 2.75) is 19.6 Å². The second-order valence-electron chi connectivity index (χ2n) is 14.0. The molecule has 0 fully saturated rings. The van der Waals surface area contributed by atoms with Crippen molar-refractivity contribution < 1.29 is 75.9 Å². The van der Waals surface area contributed by atoms with Gasteiger partial charge in [0.25, 0.3) is 64.1 Å². The molecular formula is C41H32N6NaO17S4. The summed E-state index contributed by atoms with van der Waals surface area (Å²) in [5.74, 6) is -3.57. The summed E-state index contributed by atoms with van der Waals surface area (Å²) in [5, 5.41) is 14.8. The summed E-state index contributed by atoms with van der Waals surface area (Å²) >= 11 is 0. The van der Waals surface area contributed by atoms with E-state index in [1.165, 1.54) is 0 Å². The summed E-state index contributed by atoms with van der Waals surface area (Å²) in [4.78, 5) is 65.7. The van der Waals surface area contributed by atoms with Gasteiger partial charge < -0.3 is 31.9 Å². The molecule has 6 aromatic rings. The Hall–Kier alpha value is -6.89. The monoisotopic (exact) mass is 1030 g/mol. The van der Waals surface area contributed by atoms with Crippen LogP contribution in [0.5, 0.6) is 0 Å². The van der Waals surface area contributed by atoms with Crippen LogP contribution in [-0.2, 0) is 40.5 Å². The van der Waals surface area contributed by atoms with E-state index < -0.39 is 89.7 Å². The van der Waals surface area contributed by atoms with Crippen LogP contribution in [0.1, 0.15) is 41.4 Å². The van der Waals surface area contributed by atoms with E-state index in [-0.39, 0.29) is 85.9 Å². The number of amides is 6. The Morgan fingerprint density at radius 1 is 0.290 bits per heavy atom. The first-order valence-electron chi connectivity index (χ1n) is 18.7. The van der Waals surface area contributed by atoms with E-state index >= 15 is 0 Å². The van der Waals surface area contributed by atoms with Crippen molar-refractivity contribution in [2.75, 3.05) is 31.9 Å². The summed E-state index contributed by atoms with van der Waals surface area (Å²) in [6, 6.07) is 22.9. The molecular weight excluding hydrogens is 1000 g/mol. The van der Waals surface area contributed by atoms with Crippen LogP contribution >= 0.6 is 0 Å². The summed E-state index contributed by atoms with van der Waals surface area (Å²) in [7, 11) is -18.3. The molecule has 0 spiro atoms. The zero-order chi connectivity index (χ0) is 49.8. The van der Waals surface area contributed by atoms with Crippen LogP contribution in [0.25, 0.3) is 0 Å². The quantitative estimate of drug-likeness (QED) is 0.0510. The largest absolute Gasteiger partial charge is 0.323 e. The van der Waals surface area contributed by atoms with Crippen molar-refractivity contribution >= 4 is 134 Å². The van der Waals surface area contributed by atoms with Gasteiger partial charge in [-0.25, -0.2) is 4.79 Å². The fourth-order valence-electron chi connectivity index (χ4n) is 5.87. The van der Waals surface area contributed by atoms with Crippen LogP contribution in [0.3, 0.4) is 0 Å². The molecule has 353 valence electrons. The van der Waals surface area contributed by atoms with E-state index in [1.54, 1.807) is 0 Å². The second-order valence-corrected chi connectivity index (χ2v) is 19.7. The first-order chi connectivity index (χ1) is 31.7. The van der Waals surface area contributed by atoms with E-state index in [4.69, 9.17) is 0 Å². The normalized spacial score (nSPS) is 11.5.